The van der Waals surface area contributed by atoms with Crippen LogP contribution in [0.5, 0.6) is 23.0 Å². The number of nitrogens with zero attached hydrogens (tertiary/aromatic N) is 1. The van der Waals surface area contributed by atoms with E-state index in [0.29, 0.717) is 29.4 Å². The van der Waals surface area contributed by atoms with E-state index in [2.05, 4.69) is 38.1 Å². The molecule has 2 aliphatic rings. The standard InChI is InChI=1S/C22H25NO5/c1-12-6-13(2)19(14(3)7-12)17-10-16(28-23-17)8-15-9-18(24-4)21-22(20(15)25-5)27-11-26-21/h6-7,9,16H,8,10-11H2,1-5H3/t16-/m1/s1. The summed E-state index contributed by atoms with van der Waals surface area (Å²) >= 11 is 0. The van der Waals surface area contributed by atoms with E-state index in [1.165, 1.54) is 22.3 Å². The highest BCUT2D eigenvalue weighted by molar-refractivity contribution is 6.03. The molecule has 0 aromatic heterocycles. The van der Waals surface area contributed by atoms with Gasteiger partial charge in [-0.1, -0.05) is 22.9 Å². The molecule has 6 heteroatoms. The average Bonchev–Trinajstić information content (AvgIpc) is 3.30. The van der Waals surface area contributed by atoms with E-state index in [1.807, 2.05) is 6.07 Å². The Kier molecular flexibility index (Phi) is 4.79. The molecule has 0 aliphatic carbocycles. The molecule has 2 aromatic carbocycles. The first-order valence-electron chi connectivity index (χ1n) is 9.36. The van der Waals surface area contributed by atoms with E-state index in [0.717, 1.165) is 17.7 Å². The van der Waals surface area contributed by atoms with Gasteiger partial charge in [0.25, 0.3) is 0 Å². The maximum atomic E-state index is 5.78. The molecule has 0 fully saturated rings. The van der Waals surface area contributed by atoms with Gasteiger partial charge >= 0.3 is 0 Å². The van der Waals surface area contributed by atoms with Crippen LogP contribution in [-0.2, 0) is 11.3 Å². The molecule has 2 heterocycles. The first-order chi connectivity index (χ1) is 13.5. The minimum Gasteiger partial charge on any atom is -0.493 e. The Morgan fingerprint density at radius 1 is 1.00 bits per heavy atom. The highest BCUT2D eigenvalue weighted by Crippen LogP contribution is 2.50. The van der Waals surface area contributed by atoms with Crippen LogP contribution in [0.4, 0.5) is 0 Å². The summed E-state index contributed by atoms with van der Waals surface area (Å²) < 4.78 is 22.2. The normalized spacial score (nSPS) is 17.3. The summed E-state index contributed by atoms with van der Waals surface area (Å²) in [6, 6.07) is 6.30. The van der Waals surface area contributed by atoms with Crippen LogP contribution in [0, 0.1) is 20.8 Å². The fraction of sp³-hybridized carbons (Fsp3) is 0.409. The fourth-order valence-corrected chi connectivity index (χ4v) is 4.16. The van der Waals surface area contributed by atoms with Gasteiger partial charge < -0.3 is 23.8 Å². The van der Waals surface area contributed by atoms with Gasteiger partial charge in [-0.05, 0) is 38.0 Å². The Labute approximate surface area is 165 Å². The Morgan fingerprint density at radius 2 is 1.71 bits per heavy atom. The largest absolute Gasteiger partial charge is 0.493 e. The van der Waals surface area contributed by atoms with Crippen molar-refractivity contribution in [2.45, 2.75) is 39.7 Å². The van der Waals surface area contributed by atoms with Crippen molar-refractivity contribution in [3.8, 4) is 23.0 Å². The average molecular weight is 383 g/mol. The van der Waals surface area contributed by atoms with E-state index in [4.69, 9.17) is 23.8 Å². The second kappa shape index (κ2) is 7.26. The van der Waals surface area contributed by atoms with Gasteiger partial charge in [0, 0.05) is 24.0 Å². The van der Waals surface area contributed by atoms with Crippen LogP contribution in [0.3, 0.4) is 0 Å². The second-order valence-corrected chi connectivity index (χ2v) is 7.28. The Balaban J connectivity index is 1.58. The number of hydrogen-bond acceptors (Lipinski definition) is 6. The Morgan fingerprint density at radius 3 is 2.39 bits per heavy atom. The summed E-state index contributed by atoms with van der Waals surface area (Å²) in [5, 5.41) is 4.39. The molecule has 0 unspecified atom stereocenters. The third kappa shape index (κ3) is 3.13. The molecule has 0 N–H and O–H groups in total. The molecule has 0 amide bonds. The summed E-state index contributed by atoms with van der Waals surface area (Å²) in [6.45, 7) is 6.51. The third-order valence-corrected chi connectivity index (χ3v) is 5.21. The molecule has 0 saturated carbocycles. The van der Waals surface area contributed by atoms with E-state index in [1.54, 1.807) is 14.2 Å². The lowest BCUT2D eigenvalue weighted by atomic mass is 9.92. The molecule has 0 bridgehead atoms. The van der Waals surface area contributed by atoms with Crippen molar-refractivity contribution in [3.63, 3.8) is 0 Å². The van der Waals surface area contributed by atoms with Crippen molar-refractivity contribution in [3.05, 3.63) is 46.0 Å². The molecule has 0 spiro atoms. The summed E-state index contributed by atoms with van der Waals surface area (Å²) in [5.74, 6) is 2.46. The topological polar surface area (TPSA) is 58.5 Å². The zero-order valence-corrected chi connectivity index (χ0v) is 16.9. The van der Waals surface area contributed by atoms with Crippen molar-refractivity contribution in [2.24, 2.45) is 5.16 Å². The lowest BCUT2D eigenvalue weighted by molar-refractivity contribution is 0.0853. The molecule has 2 aliphatic heterocycles. The van der Waals surface area contributed by atoms with Gasteiger partial charge in [-0.15, -0.1) is 0 Å². The Hall–Kier alpha value is -2.89. The first kappa shape index (κ1) is 18.5. The van der Waals surface area contributed by atoms with Crippen LogP contribution >= 0.6 is 0 Å². The number of ether oxygens (including phenoxy) is 4. The van der Waals surface area contributed by atoms with Crippen LogP contribution in [0.2, 0.25) is 0 Å². The minimum absolute atomic E-state index is 0.0749. The molecule has 6 nitrogen and oxygen atoms in total. The van der Waals surface area contributed by atoms with Gasteiger partial charge in [0.2, 0.25) is 18.3 Å². The number of fused-ring (bicyclic) bond motifs is 1. The Bertz CT molecular complexity index is 927. The molecule has 1 atom stereocenters. The number of oxime groups is 1. The molecule has 4 rings (SSSR count). The van der Waals surface area contributed by atoms with Crippen LogP contribution < -0.4 is 18.9 Å². The molecule has 2 aromatic rings. The van der Waals surface area contributed by atoms with Gasteiger partial charge in [-0.2, -0.15) is 0 Å². The van der Waals surface area contributed by atoms with E-state index < -0.39 is 0 Å². The summed E-state index contributed by atoms with van der Waals surface area (Å²) in [6.07, 6.45) is 1.30. The van der Waals surface area contributed by atoms with Crippen LogP contribution in [-0.4, -0.2) is 32.8 Å². The van der Waals surface area contributed by atoms with Crippen molar-refractivity contribution in [1.29, 1.82) is 0 Å². The van der Waals surface area contributed by atoms with E-state index in [9.17, 15) is 0 Å². The maximum absolute atomic E-state index is 5.78. The van der Waals surface area contributed by atoms with Gasteiger partial charge in [0.15, 0.2) is 11.5 Å². The maximum Gasteiger partial charge on any atom is 0.231 e. The predicted octanol–water partition coefficient (Wildman–Crippen LogP) is 4.09. The van der Waals surface area contributed by atoms with Crippen LogP contribution in [0.1, 0.15) is 34.2 Å². The van der Waals surface area contributed by atoms with Crippen molar-refractivity contribution >= 4 is 5.71 Å². The van der Waals surface area contributed by atoms with Gasteiger partial charge in [0.1, 0.15) is 6.10 Å². The second-order valence-electron chi connectivity index (χ2n) is 7.28. The molecular weight excluding hydrogens is 358 g/mol. The molecular formula is C22H25NO5. The van der Waals surface area contributed by atoms with Gasteiger partial charge in [-0.3, -0.25) is 0 Å². The van der Waals surface area contributed by atoms with Crippen LogP contribution in [0.15, 0.2) is 23.4 Å². The van der Waals surface area contributed by atoms with E-state index >= 15 is 0 Å². The number of aryl methyl sites for hydroxylation is 3. The monoisotopic (exact) mass is 383 g/mol. The zero-order chi connectivity index (χ0) is 19.8. The van der Waals surface area contributed by atoms with Crippen LogP contribution in [0.25, 0.3) is 0 Å². The van der Waals surface area contributed by atoms with Gasteiger partial charge in [0.05, 0.1) is 19.9 Å². The predicted molar refractivity (Wildman–Crippen MR) is 106 cm³/mol. The summed E-state index contributed by atoms with van der Waals surface area (Å²) in [4.78, 5) is 5.78. The molecule has 0 radical (unpaired) electrons. The number of hydrogen-bond donors (Lipinski definition) is 0. The van der Waals surface area contributed by atoms with Gasteiger partial charge in [-0.25, -0.2) is 0 Å². The molecule has 0 saturated heterocycles. The van der Waals surface area contributed by atoms with E-state index in [-0.39, 0.29) is 12.9 Å². The third-order valence-electron chi connectivity index (χ3n) is 5.21. The molecule has 148 valence electrons. The fourth-order valence-electron chi connectivity index (χ4n) is 4.16. The van der Waals surface area contributed by atoms with Crippen molar-refractivity contribution in [2.75, 3.05) is 21.0 Å². The highest BCUT2D eigenvalue weighted by Gasteiger charge is 2.31. The van der Waals surface area contributed by atoms with Crippen molar-refractivity contribution in [1.82, 2.24) is 0 Å². The zero-order valence-electron chi connectivity index (χ0n) is 16.9. The lowest BCUT2D eigenvalue weighted by Crippen LogP contribution is -2.14. The smallest absolute Gasteiger partial charge is 0.231 e. The molecule has 28 heavy (non-hydrogen) atoms. The van der Waals surface area contributed by atoms with Crippen molar-refractivity contribution < 1.29 is 23.8 Å². The minimum atomic E-state index is -0.0749. The number of rotatable bonds is 5. The summed E-state index contributed by atoms with van der Waals surface area (Å²) in [7, 11) is 3.24. The first-order valence-corrected chi connectivity index (χ1v) is 9.36. The number of benzene rings is 2. The quantitative estimate of drug-likeness (QED) is 0.778. The summed E-state index contributed by atoms with van der Waals surface area (Å²) in [5.41, 5.74) is 6.83. The number of methoxy groups -OCH3 is 2. The lowest BCUT2D eigenvalue weighted by Gasteiger charge is -2.16. The highest BCUT2D eigenvalue weighted by atomic mass is 16.7. The SMILES string of the molecule is COc1cc(C[C@@H]2CC(c3c(C)cc(C)cc3C)=NO2)c(OC)c2c1OCO2.